The van der Waals surface area contributed by atoms with Gasteiger partial charge in [0.15, 0.2) is 0 Å². The van der Waals surface area contributed by atoms with E-state index >= 15 is 0 Å². The predicted octanol–water partition coefficient (Wildman–Crippen LogP) is 2.74. The Kier molecular flexibility index (Phi) is 5.01. The van der Waals surface area contributed by atoms with E-state index in [4.69, 9.17) is 11.6 Å². The van der Waals surface area contributed by atoms with E-state index in [0.29, 0.717) is 0 Å². The molecular formula is C10H20ClN. The summed E-state index contributed by atoms with van der Waals surface area (Å²) in [7, 11) is 2.24. The van der Waals surface area contributed by atoms with Crippen LogP contribution < -0.4 is 0 Å². The molecule has 0 aromatic carbocycles. The fourth-order valence-corrected chi connectivity index (χ4v) is 1.67. The molecule has 0 amide bonds. The van der Waals surface area contributed by atoms with E-state index < -0.39 is 0 Å². The van der Waals surface area contributed by atoms with Crippen molar-refractivity contribution in [2.24, 2.45) is 5.92 Å². The largest absolute Gasteiger partial charge is 0.306 e. The van der Waals surface area contributed by atoms with Crippen LogP contribution >= 0.6 is 11.6 Å². The van der Waals surface area contributed by atoms with Crippen molar-refractivity contribution in [3.63, 3.8) is 0 Å². The van der Waals surface area contributed by atoms with Gasteiger partial charge in [-0.25, -0.2) is 0 Å². The topological polar surface area (TPSA) is 3.24 Å². The average molecular weight is 190 g/mol. The van der Waals surface area contributed by atoms with E-state index in [9.17, 15) is 0 Å². The van der Waals surface area contributed by atoms with Gasteiger partial charge in [0.1, 0.15) is 0 Å². The molecule has 0 spiro atoms. The first kappa shape index (κ1) is 10.3. The third kappa shape index (κ3) is 5.00. The van der Waals surface area contributed by atoms with E-state index in [2.05, 4.69) is 11.9 Å². The normalized spacial score (nSPS) is 17.2. The number of unbranched alkanes of at least 4 members (excludes halogenated alkanes) is 2. The van der Waals surface area contributed by atoms with Crippen LogP contribution in [0.15, 0.2) is 0 Å². The maximum atomic E-state index is 5.60. The molecule has 0 N–H and O–H groups in total. The van der Waals surface area contributed by atoms with E-state index in [0.717, 1.165) is 11.8 Å². The monoisotopic (exact) mass is 189 g/mol. The third-order valence-corrected chi connectivity index (χ3v) is 2.71. The van der Waals surface area contributed by atoms with Gasteiger partial charge in [0.25, 0.3) is 0 Å². The zero-order chi connectivity index (χ0) is 8.81. The van der Waals surface area contributed by atoms with Crippen molar-refractivity contribution in [2.45, 2.75) is 32.1 Å². The van der Waals surface area contributed by atoms with Crippen molar-refractivity contribution in [1.29, 1.82) is 0 Å². The molecule has 1 nitrogen and oxygen atoms in total. The van der Waals surface area contributed by atoms with E-state index in [-0.39, 0.29) is 0 Å². The second kappa shape index (κ2) is 5.82. The van der Waals surface area contributed by atoms with Gasteiger partial charge in [0.2, 0.25) is 0 Å². The summed E-state index contributed by atoms with van der Waals surface area (Å²) < 4.78 is 0. The average Bonchev–Trinajstić information content (AvgIpc) is 2.82. The number of halogens is 1. The lowest BCUT2D eigenvalue weighted by Gasteiger charge is -2.15. The number of hydrogen-bond acceptors (Lipinski definition) is 1. The molecule has 1 aliphatic rings. The van der Waals surface area contributed by atoms with Gasteiger partial charge in [0.05, 0.1) is 0 Å². The molecule has 0 atom stereocenters. The van der Waals surface area contributed by atoms with Gasteiger partial charge < -0.3 is 4.90 Å². The molecule has 1 rings (SSSR count). The maximum absolute atomic E-state index is 5.60. The van der Waals surface area contributed by atoms with Crippen molar-refractivity contribution in [3.8, 4) is 0 Å². The van der Waals surface area contributed by atoms with Gasteiger partial charge in [0, 0.05) is 12.4 Å². The molecule has 0 aromatic rings. The highest BCUT2D eigenvalue weighted by atomic mass is 35.5. The minimum atomic E-state index is 0.826. The van der Waals surface area contributed by atoms with Crippen LogP contribution in [-0.4, -0.2) is 30.9 Å². The smallest absolute Gasteiger partial charge is 0.0223 e. The minimum absolute atomic E-state index is 0.826. The van der Waals surface area contributed by atoms with Crippen LogP contribution in [0.5, 0.6) is 0 Å². The zero-order valence-electron chi connectivity index (χ0n) is 8.06. The maximum Gasteiger partial charge on any atom is 0.0223 e. The number of alkyl halides is 1. The Labute approximate surface area is 81.1 Å². The van der Waals surface area contributed by atoms with Crippen molar-refractivity contribution < 1.29 is 0 Å². The van der Waals surface area contributed by atoms with E-state index in [1.807, 2.05) is 0 Å². The molecule has 0 heterocycles. The van der Waals surface area contributed by atoms with Crippen LogP contribution in [0.1, 0.15) is 32.1 Å². The molecule has 72 valence electrons. The lowest BCUT2D eigenvalue weighted by Crippen LogP contribution is -2.22. The Morgan fingerprint density at radius 1 is 1.25 bits per heavy atom. The van der Waals surface area contributed by atoms with Crippen molar-refractivity contribution in [1.82, 2.24) is 4.90 Å². The Hall–Kier alpha value is 0.250. The Balaban J connectivity index is 1.83. The standard InChI is InChI=1S/C10H20ClN/c1-12(9-10-5-6-10)8-4-2-3-7-11/h10H,2-9H2,1H3. The highest BCUT2D eigenvalue weighted by Gasteiger charge is 2.22. The third-order valence-electron chi connectivity index (χ3n) is 2.44. The summed E-state index contributed by atoms with van der Waals surface area (Å²) in [6, 6.07) is 0. The first-order chi connectivity index (χ1) is 5.83. The van der Waals surface area contributed by atoms with Crippen LogP contribution in [-0.2, 0) is 0 Å². The summed E-state index contributed by atoms with van der Waals surface area (Å²) in [5.74, 6) is 1.86. The molecule has 0 aliphatic heterocycles. The summed E-state index contributed by atoms with van der Waals surface area (Å²) in [5, 5.41) is 0. The van der Waals surface area contributed by atoms with Crippen LogP contribution in [0.25, 0.3) is 0 Å². The fourth-order valence-electron chi connectivity index (χ4n) is 1.49. The molecule has 1 aliphatic carbocycles. The number of nitrogens with zero attached hydrogens (tertiary/aromatic N) is 1. The van der Waals surface area contributed by atoms with E-state index in [1.165, 1.54) is 45.2 Å². The molecular weight excluding hydrogens is 170 g/mol. The van der Waals surface area contributed by atoms with Crippen LogP contribution in [0.2, 0.25) is 0 Å². The van der Waals surface area contributed by atoms with Gasteiger partial charge in [-0.3, -0.25) is 0 Å². The summed E-state index contributed by atoms with van der Waals surface area (Å²) in [6.07, 6.45) is 6.71. The van der Waals surface area contributed by atoms with Gasteiger partial charge in [-0.15, -0.1) is 11.6 Å². The SMILES string of the molecule is CN(CCCCCCl)CC1CC1. The summed E-state index contributed by atoms with van der Waals surface area (Å²) >= 11 is 5.60. The molecule has 0 saturated heterocycles. The minimum Gasteiger partial charge on any atom is -0.306 e. The highest BCUT2D eigenvalue weighted by Crippen LogP contribution is 2.29. The van der Waals surface area contributed by atoms with Gasteiger partial charge in [-0.2, -0.15) is 0 Å². The van der Waals surface area contributed by atoms with Crippen LogP contribution in [0.3, 0.4) is 0 Å². The first-order valence-electron chi connectivity index (χ1n) is 5.07. The van der Waals surface area contributed by atoms with Crippen LogP contribution in [0, 0.1) is 5.92 Å². The molecule has 12 heavy (non-hydrogen) atoms. The molecule has 1 fully saturated rings. The Morgan fingerprint density at radius 3 is 2.58 bits per heavy atom. The summed E-state index contributed by atoms with van der Waals surface area (Å²) in [6.45, 7) is 2.58. The second-order valence-electron chi connectivity index (χ2n) is 3.96. The summed E-state index contributed by atoms with van der Waals surface area (Å²) in [5.41, 5.74) is 0. The molecule has 1 saturated carbocycles. The molecule has 0 unspecified atom stereocenters. The molecule has 0 bridgehead atoms. The van der Waals surface area contributed by atoms with Crippen LogP contribution in [0.4, 0.5) is 0 Å². The van der Waals surface area contributed by atoms with Crippen molar-refractivity contribution in [2.75, 3.05) is 26.0 Å². The van der Waals surface area contributed by atoms with Gasteiger partial charge in [-0.1, -0.05) is 6.42 Å². The molecule has 2 heteroatoms. The highest BCUT2D eigenvalue weighted by molar-refractivity contribution is 6.17. The number of hydrogen-bond donors (Lipinski definition) is 0. The Morgan fingerprint density at radius 2 is 2.00 bits per heavy atom. The lowest BCUT2D eigenvalue weighted by molar-refractivity contribution is 0.313. The lowest BCUT2D eigenvalue weighted by atomic mass is 10.2. The van der Waals surface area contributed by atoms with Crippen molar-refractivity contribution in [3.05, 3.63) is 0 Å². The van der Waals surface area contributed by atoms with Gasteiger partial charge in [-0.05, 0) is 45.2 Å². The predicted molar refractivity (Wildman–Crippen MR) is 54.8 cm³/mol. The van der Waals surface area contributed by atoms with Gasteiger partial charge >= 0.3 is 0 Å². The zero-order valence-corrected chi connectivity index (χ0v) is 8.82. The van der Waals surface area contributed by atoms with E-state index in [1.54, 1.807) is 0 Å². The second-order valence-corrected chi connectivity index (χ2v) is 4.33. The fraction of sp³-hybridized carbons (Fsp3) is 1.00. The van der Waals surface area contributed by atoms with Crippen molar-refractivity contribution >= 4 is 11.6 Å². The summed E-state index contributed by atoms with van der Waals surface area (Å²) in [4.78, 5) is 2.46. The number of rotatable bonds is 7. The quantitative estimate of drug-likeness (QED) is 0.440. The Bertz CT molecular complexity index is 112. The molecule has 0 aromatic heterocycles. The molecule has 0 radical (unpaired) electrons. The first-order valence-corrected chi connectivity index (χ1v) is 5.61.